The molecule has 0 saturated heterocycles. The highest BCUT2D eigenvalue weighted by Gasteiger charge is 2.30. The number of H-pyrrole nitrogens is 1. The molecule has 4 rings (SSSR count). The number of carbonyl (C=O) groups is 2. The van der Waals surface area contributed by atoms with Crippen molar-refractivity contribution in [3.63, 3.8) is 0 Å². The molecule has 3 aromatic rings. The van der Waals surface area contributed by atoms with Crippen LogP contribution >= 0.6 is 0 Å². The molecule has 0 fully saturated rings. The number of fused-ring (bicyclic) bond motifs is 1. The van der Waals surface area contributed by atoms with Crippen molar-refractivity contribution in [1.29, 1.82) is 0 Å². The van der Waals surface area contributed by atoms with E-state index in [9.17, 15) is 28.0 Å². The minimum atomic E-state index is -1.46. The van der Waals surface area contributed by atoms with E-state index in [1.54, 1.807) is 24.3 Å². The summed E-state index contributed by atoms with van der Waals surface area (Å²) >= 11 is 0. The molecule has 1 aromatic heterocycles. The molecular weight excluding hydrogens is 468 g/mol. The first-order valence-corrected chi connectivity index (χ1v) is 9.98. The van der Waals surface area contributed by atoms with Crippen LogP contribution in [0.1, 0.15) is 33.3 Å². The molecule has 182 valence electrons. The number of nitrogens with one attached hydrogen (secondary N) is 1. The maximum Gasteiger partial charge on any atom is 0.372 e. The summed E-state index contributed by atoms with van der Waals surface area (Å²) in [7, 11) is 0. The number of phenolic OH excluding ortho intramolecular Hbond substituents is 1. The Morgan fingerprint density at radius 2 is 1.74 bits per heavy atom. The first-order valence-electron chi connectivity index (χ1n) is 9.98. The van der Waals surface area contributed by atoms with E-state index in [-0.39, 0.29) is 29.1 Å². The van der Waals surface area contributed by atoms with Gasteiger partial charge in [0.2, 0.25) is 11.7 Å². The minimum Gasteiger partial charge on any atom is -0.503 e. The van der Waals surface area contributed by atoms with Crippen LogP contribution in [-0.4, -0.2) is 31.6 Å². The number of primary amides is 1. The van der Waals surface area contributed by atoms with Gasteiger partial charge in [0.15, 0.2) is 17.4 Å². The van der Waals surface area contributed by atoms with Gasteiger partial charge in [0.25, 0.3) is 5.56 Å². The van der Waals surface area contributed by atoms with Gasteiger partial charge >= 0.3 is 11.7 Å². The van der Waals surface area contributed by atoms with Gasteiger partial charge in [0.1, 0.15) is 6.10 Å². The predicted molar refractivity (Wildman–Crippen MR) is 118 cm³/mol. The summed E-state index contributed by atoms with van der Waals surface area (Å²) in [6, 6.07) is 10.5. The van der Waals surface area contributed by atoms with Crippen molar-refractivity contribution in [3.05, 3.63) is 103 Å². The van der Waals surface area contributed by atoms with Crippen LogP contribution < -0.4 is 17.0 Å². The number of hydrogen-bond donors (Lipinski definition) is 4. The summed E-state index contributed by atoms with van der Waals surface area (Å²) in [6.45, 7) is 1.40. The second-order valence-electron chi connectivity index (χ2n) is 7.39. The number of carboxylic acids is 1. The predicted octanol–water partition coefficient (Wildman–Crippen LogP) is 1.81. The molecule has 2 heterocycles. The maximum atomic E-state index is 13.6. The molecule has 2 aromatic carbocycles. The minimum absolute atomic E-state index is 0.0353. The third-order valence-corrected chi connectivity index (χ3v) is 5.01. The van der Waals surface area contributed by atoms with Crippen molar-refractivity contribution in [3.8, 4) is 5.75 Å². The van der Waals surface area contributed by atoms with E-state index < -0.39 is 46.5 Å². The highest BCUT2D eigenvalue weighted by atomic mass is 19.1. The zero-order valence-electron chi connectivity index (χ0n) is 18.1. The standard InChI is InChI=1S/C16H12F2N2O6.C7H7NO/c1-6-12-10(4-7-2-8(17)13(21)9(18)3-7)26-11(15(23)24)5-20(12)16(25)19-14(6)22;8-7(9)6-4-2-1-3-5-6/h2-3,5,10,21H,4H2,1H3,(H,23,24)(H,19,22,25);1-5H,(H2,8,9). The molecule has 0 radical (unpaired) electrons. The lowest BCUT2D eigenvalue weighted by Gasteiger charge is -2.27. The Labute approximate surface area is 195 Å². The largest absolute Gasteiger partial charge is 0.503 e. The fraction of sp³-hybridized carbons (Fsp3) is 0.130. The van der Waals surface area contributed by atoms with Gasteiger partial charge in [0.05, 0.1) is 11.9 Å². The van der Waals surface area contributed by atoms with Gasteiger partial charge in [-0.25, -0.2) is 18.4 Å². The first kappa shape index (κ1) is 24.9. The topological polar surface area (TPSA) is 165 Å². The number of halogens is 2. The highest BCUT2D eigenvalue weighted by Crippen LogP contribution is 2.31. The molecule has 35 heavy (non-hydrogen) atoms. The van der Waals surface area contributed by atoms with Crippen LogP contribution in [0.4, 0.5) is 8.78 Å². The van der Waals surface area contributed by atoms with Crippen LogP contribution in [0.5, 0.6) is 5.75 Å². The molecule has 1 unspecified atom stereocenters. The molecule has 0 spiro atoms. The number of nitrogens with zero attached hydrogens (tertiary/aromatic N) is 1. The summed E-state index contributed by atoms with van der Waals surface area (Å²) < 4.78 is 33.4. The van der Waals surface area contributed by atoms with Crippen LogP contribution in [0.2, 0.25) is 0 Å². The van der Waals surface area contributed by atoms with E-state index in [0.29, 0.717) is 5.56 Å². The van der Waals surface area contributed by atoms with E-state index in [4.69, 9.17) is 20.7 Å². The molecular formula is C23H19F2N3O7. The Morgan fingerprint density at radius 3 is 2.26 bits per heavy atom. The highest BCUT2D eigenvalue weighted by molar-refractivity contribution is 5.92. The van der Waals surface area contributed by atoms with Crippen molar-refractivity contribution in [1.82, 2.24) is 9.55 Å². The Bertz CT molecular complexity index is 1420. The fourth-order valence-corrected chi connectivity index (χ4v) is 3.34. The Morgan fingerprint density at radius 1 is 1.14 bits per heavy atom. The van der Waals surface area contributed by atoms with E-state index in [0.717, 1.165) is 22.9 Å². The van der Waals surface area contributed by atoms with Gasteiger partial charge in [-0.15, -0.1) is 0 Å². The third kappa shape index (κ3) is 5.43. The second kappa shape index (κ2) is 10.0. The third-order valence-electron chi connectivity index (χ3n) is 5.01. The van der Waals surface area contributed by atoms with Crippen LogP contribution in [0.15, 0.2) is 57.8 Å². The summed E-state index contributed by atoms with van der Waals surface area (Å²) in [5.74, 6) is -5.96. The van der Waals surface area contributed by atoms with Crippen LogP contribution in [0, 0.1) is 18.6 Å². The smallest absolute Gasteiger partial charge is 0.372 e. The number of ether oxygens (including phenoxy) is 1. The molecule has 1 atom stereocenters. The number of aromatic nitrogens is 2. The van der Waals surface area contributed by atoms with Crippen LogP contribution in [0.3, 0.4) is 0 Å². The van der Waals surface area contributed by atoms with E-state index >= 15 is 0 Å². The Hall–Kier alpha value is -4.74. The molecule has 5 N–H and O–H groups in total. The Balaban J connectivity index is 0.000000320. The lowest BCUT2D eigenvalue weighted by molar-refractivity contribution is -0.138. The molecule has 0 bridgehead atoms. The van der Waals surface area contributed by atoms with Gasteiger partial charge < -0.3 is 20.7 Å². The number of hydrogen-bond acceptors (Lipinski definition) is 6. The van der Waals surface area contributed by atoms with Gasteiger partial charge in [-0.1, -0.05) is 18.2 Å². The average Bonchev–Trinajstić information content (AvgIpc) is 2.81. The quantitative estimate of drug-likeness (QED) is 0.436. The SMILES string of the molecule is Cc1c2n(c(=O)[nH]c1=O)C=C(C(=O)O)OC2Cc1cc(F)c(O)c(F)c1.NC(=O)c1ccccc1. The summed E-state index contributed by atoms with van der Waals surface area (Å²) in [5, 5.41) is 18.3. The van der Waals surface area contributed by atoms with Gasteiger partial charge in [-0.2, -0.15) is 0 Å². The number of aliphatic carboxylic acids is 1. The van der Waals surface area contributed by atoms with Crippen LogP contribution in [-0.2, 0) is 16.0 Å². The number of aromatic amines is 1. The zero-order valence-corrected chi connectivity index (χ0v) is 18.1. The van der Waals surface area contributed by atoms with Crippen molar-refractivity contribution in [2.45, 2.75) is 19.4 Å². The number of aromatic hydroxyl groups is 1. The monoisotopic (exact) mass is 487 g/mol. The van der Waals surface area contributed by atoms with Crippen molar-refractivity contribution < 1.29 is 33.3 Å². The summed E-state index contributed by atoms with van der Waals surface area (Å²) in [4.78, 5) is 47.6. The number of carboxylic acid groups (broad SMARTS) is 1. The van der Waals surface area contributed by atoms with E-state index in [2.05, 4.69) is 0 Å². The molecule has 10 nitrogen and oxygen atoms in total. The first-order chi connectivity index (χ1) is 16.5. The van der Waals surface area contributed by atoms with Crippen molar-refractivity contribution in [2.75, 3.05) is 0 Å². The maximum absolute atomic E-state index is 13.6. The molecule has 12 heteroatoms. The summed E-state index contributed by atoms with van der Waals surface area (Å²) in [6.07, 6.45) is -0.496. The number of benzene rings is 2. The fourth-order valence-electron chi connectivity index (χ4n) is 3.34. The van der Waals surface area contributed by atoms with Gasteiger partial charge in [-0.05, 0) is 36.8 Å². The van der Waals surface area contributed by atoms with Gasteiger partial charge in [-0.3, -0.25) is 19.1 Å². The van der Waals surface area contributed by atoms with Crippen molar-refractivity contribution in [2.24, 2.45) is 5.73 Å². The van der Waals surface area contributed by atoms with Crippen molar-refractivity contribution >= 4 is 18.1 Å². The number of carbonyl (C=O) groups excluding carboxylic acids is 1. The summed E-state index contributed by atoms with van der Waals surface area (Å²) in [5.41, 5.74) is 4.16. The average molecular weight is 487 g/mol. The molecule has 1 amide bonds. The second-order valence-corrected chi connectivity index (χ2v) is 7.39. The number of phenols is 1. The number of rotatable bonds is 4. The van der Waals surface area contributed by atoms with Crippen LogP contribution in [0.25, 0.3) is 6.20 Å². The zero-order chi connectivity index (χ0) is 25.9. The Kier molecular flexibility index (Phi) is 7.14. The molecule has 1 aliphatic heterocycles. The lowest BCUT2D eigenvalue weighted by atomic mass is 10.0. The molecule has 0 saturated carbocycles. The number of amides is 1. The molecule has 0 aliphatic carbocycles. The normalized spacial score (nSPS) is 14.0. The van der Waals surface area contributed by atoms with Gasteiger partial charge in [0, 0.05) is 17.5 Å². The van der Waals surface area contributed by atoms with E-state index in [1.165, 1.54) is 6.92 Å². The lowest BCUT2D eigenvalue weighted by Crippen LogP contribution is -2.37. The number of nitrogens with two attached hydrogens (primary N) is 1. The van der Waals surface area contributed by atoms with E-state index in [1.807, 2.05) is 11.1 Å². The molecule has 1 aliphatic rings.